The van der Waals surface area contributed by atoms with Gasteiger partial charge in [0.25, 0.3) is 5.91 Å². The lowest BCUT2D eigenvalue weighted by Crippen LogP contribution is -2.44. The maximum absolute atomic E-state index is 13.3. The molecule has 1 heterocycles. The van der Waals surface area contributed by atoms with Gasteiger partial charge in [-0.1, -0.05) is 25.5 Å². The Labute approximate surface area is 155 Å². The molecule has 1 aliphatic heterocycles. The summed E-state index contributed by atoms with van der Waals surface area (Å²) in [4.78, 5) is 14.4. The van der Waals surface area contributed by atoms with Gasteiger partial charge in [-0.05, 0) is 37.3 Å². The molecule has 1 saturated carbocycles. The van der Waals surface area contributed by atoms with Crippen LogP contribution in [0.3, 0.4) is 0 Å². The van der Waals surface area contributed by atoms with Crippen LogP contribution in [0, 0.1) is 11.8 Å². The van der Waals surface area contributed by atoms with Crippen molar-refractivity contribution < 1.29 is 32.2 Å². The second kappa shape index (κ2) is 7.30. The predicted molar refractivity (Wildman–Crippen MR) is 90.0 cm³/mol. The second-order valence-corrected chi connectivity index (χ2v) is 7.39. The zero-order chi connectivity index (χ0) is 19.8. The number of ether oxygens (including phenoxy) is 1. The molecule has 8 heteroatoms. The summed E-state index contributed by atoms with van der Waals surface area (Å²) < 4.78 is 55.7. The fourth-order valence-electron chi connectivity index (χ4n) is 4.33. The van der Waals surface area contributed by atoms with E-state index >= 15 is 0 Å². The standard InChI is InChI=1S/C19H23F4NO3/c1-2-18(26)9-5-6-12-10-24(11-14(12)18)16(25)13-7-3-4-8-15(13)27-19(22,23)17(20)21/h3-4,7-8,12,14,17,26H,2,5-6,9-11H2,1H3/t12-,14+,18-/m0/s1. The summed E-state index contributed by atoms with van der Waals surface area (Å²) in [6.45, 7) is 2.63. The largest absolute Gasteiger partial charge is 0.461 e. The Kier molecular flexibility index (Phi) is 5.38. The molecule has 3 rings (SSSR count). The Morgan fingerprint density at radius 3 is 2.74 bits per heavy atom. The van der Waals surface area contributed by atoms with Crippen molar-refractivity contribution in [3.8, 4) is 5.75 Å². The van der Waals surface area contributed by atoms with Gasteiger partial charge in [-0.15, -0.1) is 0 Å². The second-order valence-electron chi connectivity index (χ2n) is 7.39. The van der Waals surface area contributed by atoms with Gasteiger partial charge in [0, 0.05) is 19.0 Å². The highest BCUT2D eigenvalue weighted by atomic mass is 19.3. The molecule has 1 N–H and O–H groups in total. The van der Waals surface area contributed by atoms with Crippen LogP contribution in [0.25, 0.3) is 0 Å². The quantitative estimate of drug-likeness (QED) is 0.777. The maximum Gasteiger partial charge on any atom is 0.461 e. The minimum atomic E-state index is -4.68. The summed E-state index contributed by atoms with van der Waals surface area (Å²) in [6.07, 6.45) is -5.68. The average molecular weight is 389 g/mol. The Hall–Kier alpha value is -1.83. The van der Waals surface area contributed by atoms with Crippen LogP contribution in [-0.4, -0.2) is 47.1 Å². The smallest absolute Gasteiger partial charge is 0.427 e. The zero-order valence-electron chi connectivity index (χ0n) is 15.0. The molecule has 150 valence electrons. The van der Waals surface area contributed by atoms with E-state index in [0.717, 1.165) is 18.9 Å². The molecule has 0 radical (unpaired) electrons. The molecular formula is C19H23F4NO3. The number of aliphatic hydroxyl groups is 1. The number of amides is 1. The molecule has 1 aliphatic carbocycles. The molecule has 0 unspecified atom stereocenters. The normalized spacial score (nSPS) is 28.3. The molecule has 2 fully saturated rings. The fraction of sp³-hybridized carbons (Fsp3) is 0.632. The molecule has 1 amide bonds. The summed E-state index contributed by atoms with van der Waals surface area (Å²) in [5, 5.41) is 10.8. The van der Waals surface area contributed by atoms with Crippen molar-refractivity contribution in [2.24, 2.45) is 11.8 Å². The predicted octanol–water partition coefficient (Wildman–Crippen LogP) is 3.94. The van der Waals surface area contributed by atoms with Crippen molar-refractivity contribution in [2.75, 3.05) is 13.1 Å². The molecule has 0 spiro atoms. The van der Waals surface area contributed by atoms with Crippen molar-refractivity contribution in [3.63, 3.8) is 0 Å². The molecular weight excluding hydrogens is 366 g/mol. The first-order valence-corrected chi connectivity index (χ1v) is 9.13. The fourth-order valence-corrected chi connectivity index (χ4v) is 4.33. The van der Waals surface area contributed by atoms with E-state index in [0.29, 0.717) is 25.9 Å². The van der Waals surface area contributed by atoms with Crippen molar-refractivity contribution in [3.05, 3.63) is 29.8 Å². The van der Waals surface area contributed by atoms with Crippen LogP contribution in [-0.2, 0) is 0 Å². The Balaban J connectivity index is 1.81. The minimum absolute atomic E-state index is 0.0733. The van der Waals surface area contributed by atoms with Gasteiger partial charge in [-0.25, -0.2) is 0 Å². The van der Waals surface area contributed by atoms with E-state index in [-0.39, 0.29) is 17.4 Å². The number of fused-ring (bicyclic) bond motifs is 1. The van der Waals surface area contributed by atoms with E-state index in [9.17, 15) is 27.5 Å². The third-order valence-electron chi connectivity index (χ3n) is 5.83. The summed E-state index contributed by atoms with van der Waals surface area (Å²) in [7, 11) is 0. The van der Waals surface area contributed by atoms with Crippen LogP contribution >= 0.6 is 0 Å². The van der Waals surface area contributed by atoms with E-state index in [1.807, 2.05) is 6.92 Å². The molecule has 0 aromatic heterocycles. The first kappa shape index (κ1) is 19.9. The van der Waals surface area contributed by atoms with Gasteiger partial charge >= 0.3 is 12.5 Å². The monoisotopic (exact) mass is 389 g/mol. The van der Waals surface area contributed by atoms with E-state index < -0.39 is 29.8 Å². The van der Waals surface area contributed by atoms with Gasteiger partial charge < -0.3 is 14.7 Å². The Bertz CT molecular complexity index is 699. The number of para-hydroxylation sites is 1. The third-order valence-corrected chi connectivity index (χ3v) is 5.83. The number of likely N-dealkylation sites (tertiary alicyclic amines) is 1. The number of halogens is 4. The molecule has 1 saturated heterocycles. The molecule has 2 aliphatic rings. The van der Waals surface area contributed by atoms with E-state index in [2.05, 4.69) is 4.74 Å². The summed E-state index contributed by atoms with van der Waals surface area (Å²) in [6, 6.07) is 5.17. The number of nitrogens with zero attached hydrogens (tertiary/aromatic N) is 1. The van der Waals surface area contributed by atoms with Crippen LogP contribution in [0.15, 0.2) is 24.3 Å². The SMILES string of the molecule is CC[C@]1(O)CCC[C@H]2CN(C(=O)c3ccccc3OC(F)(F)C(F)F)C[C@H]21. The van der Waals surface area contributed by atoms with Crippen molar-refractivity contribution >= 4 is 5.91 Å². The number of alkyl halides is 4. The lowest BCUT2D eigenvalue weighted by atomic mass is 9.69. The summed E-state index contributed by atoms with van der Waals surface area (Å²) >= 11 is 0. The number of hydrogen-bond acceptors (Lipinski definition) is 3. The topological polar surface area (TPSA) is 49.8 Å². The van der Waals surface area contributed by atoms with Crippen molar-refractivity contribution in [1.29, 1.82) is 0 Å². The highest BCUT2D eigenvalue weighted by Gasteiger charge is 2.49. The Morgan fingerprint density at radius 2 is 2.07 bits per heavy atom. The van der Waals surface area contributed by atoms with Gasteiger partial charge in [0.15, 0.2) is 0 Å². The van der Waals surface area contributed by atoms with E-state index in [4.69, 9.17) is 0 Å². The zero-order valence-corrected chi connectivity index (χ0v) is 15.0. The molecule has 1 aromatic rings. The van der Waals surface area contributed by atoms with Crippen LogP contribution in [0.4, 0.5) is 17.6 Å². The molecule has 27 heavy (non-hydrogen) atoms. The lowest BCUT2D eigenvalue weighted by molar-refractivity contribution is -0.253. The van der Waals surface area contributed by atoms with Crippen LogP contribution < -0.4 is 4.74 Å². The van der Waals surface area contributed by atoms with Gasteiger partial charge in [0.1, 0.15) is 5.75 Å². The number of carbonyl (C=O) groups excluding carboxylic acids is 1. The van der Waals surface area contributed by atoms with Gasteiger partial charge in [0.2, 0.25) is 0 Å². The van der Waals surface area contributed by atoms with Gasteiger partial charge in [-0.2, -0.15) is 17.6 Å². The first-order valence-electron chi connectivity index (χ1n) is 9.13. The van der Waals surface area contributed by atoms with Crippen molar-refractivity contribution in [2.45, 2.75) is 50.7 Å². The Morgan fingerprint density at radius 1 is 1.37 bits per heavy atom. The first-order chi connectivity index (χ1) is 12.7. The number of carbonyl (C=O) groups is 1. The molecule has 1 aromatic carbocycles. The van der Waals surface area contributed by atoms with Gasteiger partial charge in [-0.3, -0.25) is 4.79 Å². The lowest BCUT2D eigenvalue weighted by Gasteiger charge is -2.40. The number of rotatable bonds is 5. The van der Waals surface area contributed by atoms with E-state index in [1.54, 1.807) is 0 Å². The molecule has 3 atom stereocenters. The van der Waals surface area contributed by atoms with Crippen LogP contribution in [0.2, 0.25) is 0 Å². The van der Waals surface area contributed by atoms with Crippen LogP contribution in [0.5, 0.6) is 5.75 Å². The number of hydrogen-bond donors (Lipinski definition) is 1. The van der Waals surface area contributed by atoms with Gasteiger partial charge in [0.05, 0.1) is 11.2 Å². The summed E-state index contributed by atoms with van der Waals surface area (Å²) in [5.41, 5.74) is -1.02. The maximum atomic E-state index is 13.3. The highest BCUT2D eigenvalue weighted by Crippen LogP contribution is 2.45. The van der Waals surface area contributed by atoms with Crippen LogP contribution in [0.1, 0.15) is 43.0 Å². The average Bonchev–Trinajstić information content (AvgIpc) is 3.07. The summed E-state index contributed by atoms with van der Waals surface area (Å²) in [5.74, 6) is -1.06. The van der Waals surface area contributed by atoms with E-state index in [1.165, 1.54) is 23.1 Å². The van der Waals surface area contributed by atoms with Crippen molar-refractivity contribution in [1.82, 2.24) is 4.90 Å². The number of benzene rings is 1. The molecule has 4 nitrogen and oxygen atoms in total. The molecule has 0 bridgehead atoms. The highest BCUT2D eigenvalue weighted by molar-refractivity contribution is 5.97. The minimum Gasteiger partial charge on any atom is -0.427 e. The third kappa shape index (κ3) is 3.77.